The van der Waals surface area contributed by atoms with Crippen LogP contribution in [0.2, 0.25) is 0 Å². The number of nitrogens with one attached hydrogen (secondary N) is 1. The number of rotatable bonds is 5. The van der Waals surface area contributed by atoms with Crippen molar-refractivity contribution in [1.82, 2.24) is 5.32 Å². The summed E-state index contributed by atoms with van der Waals surface area (Å²) in [6.07, 6.45) is 2.19. The van der Waals surface area contributed by atoms with Gasteiger partial charge >= 0.3 is 5.97 Å². The summed E-state index contributed by atoms with van der Waals surface area (Å²) in [5.41, 5.74) is 1.97. The van der Waals surface area contributed by atoms with Crippen molar-refractivity contribution in [2.75, 3.05) is 13.2 Å². The number of aliphatic hydroxyl groups is 1. The van der Waals surface area contributed by atoms with E-state index in [-0.39, 0.29) is 6.54 Å². The van der Waals surface area contributed by atoms with Crippen molar-refractivity contribution in [3.63, 3.8) is 0 Å². The molecule has 0 saturated carbocycles. The van der Waals surface area contributed by atoms with Gasteiger partial charge in [-0.2, -0.15) is 0 Å². The normalized spacial score (nSPS) is 14.7. The molecule has 1 heterocycles. The van der Waals surface area contributed by atoms with Gasteiger partial charge in [0.05, 0.1) is 13.2 Å². The lowest BCUT2D eigenvalue weighted by Gasteiger charge is -2.05. The van der Waals surface area contributed by atoms with E-state index >= 15 is 0 Å². The quantitative estimate of drug-likeness (QED) is 0.668. The standard InChI is InChI=1S/C14H15NO5/c16-11(14(18)19)8-15-13(17)4-2-9-1-3-12-10(7-9)5-6-20-12/h1-4,7,11,16H,5-6,8H2,(H,15,17)(H,18,19). The zero-order chi connectivity index (χ0) is 14.5. The van der Waals surface area contributed by atoms with Crippen LogP contribution in [0.25, 0.3) is 6.08 Å². The van der Waals surface area contributed by atoms with Crippen LogP contribution in [0.3, 0.4) is 0 Å². The highest BCUT2D eigenvalue weighted by Gasteiger charge is 2.13. The van der Waals surface area contributed by atoms with Gasteiger partial charge in [0.15, 0.2) is 6.10 Å². The Morgan fingerprint density at radius 3 is 3.00 bits per heavy atom. The molecule has 6 heteroatoms. The van der Waals surface area contributed by atoms with E-state index in [0.29, 0.717) is 6.61 Å². The first-order valence-corrected chi connectivity index (χ1v) is 6.19. The largest absolute Gasteiger partial charge is 0.493 e. The molecule has 20 heavy (non-hydrogen) atoms. The Balaban J connectivity index is 1.89. The van der Waals surface area contributed by atoms with Gasteiger partial charge in [0, 0.05) is 12.5 Å². The van der Waals surface area contributed by atoms with E-state index in [1.165, 1.54) is 6.08 Å². The molecule has 1 aliphatic heterocycles. The van der Waals surface area contributed by atoms with Gasteiger partial charge in [0.1, 0.15) is 5.75 Å². The zero-order valence-corrected chi connectivity index (χ0v) is 10.7. The summed E-state index contributed by atoms with van der Waals surface area (Å²) in [5, 5.41) is 19.8. The number of hydrogen-bond acceptors (Lipinski definition) is 4. The molecule has 1 amide bonds. The summed E-state index contributed by atoms with van der Waals surface area (Å²) in [6, 6.07) is 5.63. The predicted octanol–water partition coefficient (Wildman–Crippen LogP) is 0.196. The molecule has 1 aliphatic rings. The monoisotopic (exact) mass is 277 g/mol. The molecule has 1 unspecified atom stereocenters. The fourth-order valence-corrected chi connectivity index (χ4v) is 1.83. The number of hydrogen-bond donors (Lipinski definition) is 3. The summed E-state index contributed by atoms with van der Waals surface area (Å²) < 4.78 is 5.38. The number of ether oxygens (including phenoxy) is 1. The molecule has 6 nitrogen and oxygen atoms in total. The first kappa shape index (κ1) is 14.1. The van der Waals surface area contributed by atoms with Crippen LogP contribution in [0.1, 0.15) is 11.1 Å². The Morgan fingerprint density at radius 2 is 2.25 bits per heavy atom. The molecule has 0 bridgehead atoms. The third kappa shape index (κ3) is 3.58. The van der Waals surface area contributed by atoms with Crippen LogP contribution in [-0.4, -0.2) is 41.3 Å². The van der Waals surface area contributed by atoms with E-state index in [1.54, 1.807) is 6.08 Å². The van der Waals surface area contributed by atoms with Gasteiger partial charge in [0.25, 0.3) is 0 Å². The highest BCUT2D eigenvalue weighted by molar-refractivity contribution is 5.92. The maximum absolute atomic E-state index is 11.5. The lowest BCUT2D eigenvalue weighted by Crippen LogP contribution is -2.35. The summed E-state index contributed by atoms with van der Waals surface area (Å²) in [4.78, 5) is 21.8. The van der Waals surface area contributed by atoms with Gasteiger partial charge in [-0.15, -0.1) is 0 Å². The Kier molecular flexibility index (Phi) is 4.37. The van der Waals surface area contributed by atoms with Gasteiger partial charge in [0.2, 0.25) is 5.91 Å². The summed E-state index contributed by atoms with van der Waals surface area (Å²) in [6.45, 7) is 0.354. The molecule has 0 saturated heterocycles. The van der Waals surface area contributed by atoms with Crippen molar-refractivity contribution < 1.29 is 24.5 Å². The van der Waals surface area contributed by atoms with Crippen molar-refractivity contribution in [2.24, 2.45) is 0 Å². The van der Waals surface area contributed by atoms with E-state index in [2.05, 4.69) is 5.32 Å². The minimum absolute atomic E-state index is 0.323. The van der Waals surface area contributed by atoms with E-state index < -0.39 is 18.0 Å². The number of carboxylic acid groups (broad SMARTS) is 1. The van der Waals surface area contributed by atoms with Crippen LogP contribution in [-0.2, 0) is 16.0 Å². The summed E-state index contributed by atoms with van der Waals surface area (Å²) in [7, 11) is 0. The number of carbonyl (C=O) groups is 2. The summed E-state index contributed by atoms with van der Waals surface area (Å²) in [5.74, 6) is -0.953. The Bertz CT molecular complexity index is 552. The first-order chi connectivity index (χ1) is 9.56. The lowest BCUT2D eigenvalue weighted by molar-refractivity contribution is -0.146. The van der Waals surface area contributed by atoms with Gasteiger partial charge in [-0.25, -0.2) is 4.79 Å². The molecule has 106 valence electrons. The second-order valence-electron chi connectivity index (χ2n) is 4.40. The fraction of sp³-hybridized carbons (Fsp3) is 0.286. The molecule has 0 spiro atoms. The molecule has 3 N–H and O–H groups in total. The minimum atomic E-state index is -1.59. The molecule has 0 fully saturated rings. The molecular weight excluding hydrogens is 262 g/mol. The molecule has 2 rings (SSSR count). The number of carbonyl (C=O) groups excluding carboxylic acids is 1. The van der Waals surface area contributed by atoms with Crippen molar-refractivity contribution in [2.45, 2.75) is 12.5 Å². The molecule has 0 aromatic heterocycles. The van der Waals surface area contributed by atoms with Gasteiger partial charge < -0.3 is 20.3 Å². The van der Waals surface area contributed by atoms with Crippen molar-refractivity contribution in [1.29, 1.82) is 0 Å². The first-order valence-electron chi connectivity index (χ1n) is 6.19. The molecule has 1 atom stereocenters. The third-order valence-electron chi connectivity index (χ3n) is 2.90. The number of aliphatic carboxylic acids is 1. The maximum Gasteiger partial charge on any atom is 0.334 e. The van der Waals surface area contributed by atoms with E-state index in [4.69, 9.17) is 14.9 Å². The number of carboxylic acids is 1. The van der Waals surface area contributed by atoms with Crippen LogP contribution >= 0.6 is 0 Å². The fourth-order valence-electron chi connectivity index (χ4n) is 1.83. The third-order valence-corrected chi connectivity index (χ3v) is 2.90. The zero-order valence-electron chi connectivity index (χ0n) is 10.7. The number of aliphatic hydroxyl groups excluding tert-OH is 1. The van der Waals surface area contributed by atoms with E-state index in [9.17, 15) is 9.59 Å². The van der Waals surface area contributed by atoms with Crippen molar-refractivity contribution in [3.05, 3.63) is 35.4 Å². The highest BCUT2D eigenvalue weighted by Crippen LogP contribution is 2.26. The minimum Gasteiger partial charge on any atom is -0.493 e. The van der Waals surface area contributed by atoms with E-state index in [1.807, 2.05) is 18.2 Å². The van der Waals surface area contributed by atoms with Crippen LogP contribution in [0.15, 0.2) is 24.3 Å². The second kappa shape index (κ2) is 6.21. The number of fused-ring (bicyclic) bond motifs is 1. The highest BCUT2D eigenvalue weighted by atomic mass is 16.5. The van der Waals surface area contributed by atoms with Crippen molar-refractivity contribution in [3.8, 4) is 5.75 Å². The molecule has 1 aromatic rings. The molecule has 1 aromatic carbocycles. The lowest BCUT2D eigenvalue weighted by atomic mass is 10.1. The van der Waals surface area contributed by atoms with Crippen LogP contribution in [0.4, 0.5) is 0 Å². The van der Waals surface area contributed by atoms with Gasteiger partial charge in [-0.05, 0) is 29.3 Å². The van der Waals surface area contributed by atoms with Gasteiger partial charge in [-0.3, -0.25) is 4.79 Å². The Morgan fingerprint density at radius 1 is 1.45 bits per heavy atom. The summed E-state index contributed by atoms with van der Waals surface area (Å²) >= 11 is 0. The average Bonchev–Trinajstić information content (AvgIpc) is 2.89. The van der Waals surface area contributed by atoms with Crippen LogP contribution in [0.5, 0.6) is 5.75 Å². The smallest absolute Gasteiger partial charge is 0.334 e. The second-order valence-corrected chi connectivity index (χ2v) is 4.40. The van der Waals surface area contributed by atoms with Gasteiger partial charge in [-0.1, -0.05) is 6.07 Å². The van der Waals surface area contributed by atoms with Crippen LogP contribution < -0.4 is 10.1 Å². The maximum atomic E-state index is 11.5. The topological polar surface area (TPSA) is 95.9 Å². The van der Waals surface area contributed by atoms with Crippen LogP contribution in [0, 0.1) is 0 Å². The Labute approximate surface area is 115 Å². The number of benzene rings is 1. The predicted molar refractivity (Wildman–Crippen MR) is 71.3 cm³/mol. The Hall–Kier alpha value is -2.34. The molecule has 0 aliphatic carbocycles. The van der Waals surface area contributed by atoms with E-state index in [0.717, 1.165) is 23.3 Å². The average molecular weight is 277 g/mol. The molecule has 0 radical (unpaired) electrons. The number of amides is 1. The van der Waals surface area contributed by atoms with Crippen molar-refractivity contribution >= 4 is 18.0 Å². The molecular formula is C14H15NO5. The SMILES string of the molecule is O=C(C=Cc1ccc2c(c1)CCO2)NCC(O)C(=O)O.